The Bertz CT molecular complexity index is 629. The maximum absolute atomic E-state index is 12.2. The molecule has 1 atom stereocenters. The predicted molar refractivity (Wildman–Crippen MR) is 90.8 cm³/mol. The molecule has 0 aliphatic carbocycles. The van der Waals surface area contributed by atoms with E-state index in [9.17, 15) is 4.79 Å². The first-order valence-corrected chi connectivity index (χ1v) is 7.52. The van der Waals surface area contributed by atoms with E-state index in [1.165, 1.54) is 0 Å². The van der Waals surface area contributed by atoms with Crippen molar-refractivity contribution in [3.63, 3.8) is 0 Å². The number of carbonyl (C=O) groups is 1. The van der Waals surface area contributed by atoms with Gasteiger partial charge in [-0.2, -0.15) is 0 Å². The van der Waals surface area contributed by atoms with E-state index in [0.717, 1.165) is 11.4 Å². The first-order chi connectivity index (χ1) is 10.6. The van der Waals surface area contributed by atoms with Gasteiger partial charge in [0.1, 0.15) is 11.8 Å². The van der Waals surface area contributed by atoms with Crippen molar-refractivity contribution in [2.24, 2.45) is 0 Å². The summed E-state index contributed by atoms with van der Waals surface area (Å²) in [6, 6.07) is 14.2. The summed E-state index contributed by atoms with van der Waals surface area (Å²) in [5.41, 5.74) is 1.46. The Morgan fingerprint density at radius 3 is 2.50 bits per heavy atom. The highest BCUT2D eigenvalue weighted by Crippen LogP contribution is 2.21. The van der Waals surface area contributed by atoms with Gasteiger partial charge in [0, 0.05) is 5.69 Å². The molecule has 0 aromatic heterocycles. The van der Waals surface area contributed by atoms with Crippen LogP contribution >= 0.6 is 11.6 Å². The van der Waals surface area contributed by atoms with Gasteiger partial charge in [0.15, 0.2) is 0 Å². The Morgan fingerprint density at radius 2 is 1.86 bits per heavy atom. The fourth-order valence-electron chi connectivity index (χ4n) is 1.93. The zero-order chi connectivity index (χ0) is 15.9. The molecule has 2 rings (SSSR count). The van der Waals surface area contributed by atoms with Gasteiger partial charge in [-0.05, 0) is 50.2 Å². The summed E-state index contributed by atoms with van der Waals surface area (Å²) in [5.74, 6) is 0.656. The molecule has 22 heavy (non-hydrogen) atoms. The van der Waals surface area contributed by atoms with E-state index < -0.39 is 6.04 Å². The summed E-state index contributed by atoms with van der Waals surface area (Å²) in [6.07, 6.45) is 0. The number of hydrogen-bond acceptors (Lipinski definition) is 3. The molecule has 1 amide bonds. The van der Waals surface area contributed by atoms with Gasteiger partial charge in [-0.1, -0.05) is 23.7 Å². The summed E-state index contributed by atoms with van der Waals surface area (Å²) >= 11 is 6.03. The van der Waals surface area contributed by atoms with E-state index in [-0.39, 0.29) is 5.91 Å². The van der Waals surface area contributed by atoms with Crippen LogP contribution in [0.3, 0.4) is 0 Å². The lowest BCUT2D eigenvalue weighted by atomic mass is 10.2. The molecule has 2 N–H and O–H groups in total. The van der Waals surface area contributed by atoms with Crippen molar-refractivity contribution in [3.8, 4) is 5.75 Å². The molecule has 0 radical (unpaired) electrons. The third-order valence-corrected chi connectivity index (χ3v) is 3.40. The van der Waals surface area contributed by atoms with Crippen molar-refractivity contribution in [3.05, 3.63) is 53.6 Å². The Hall–Kier alpha value is -2.20. The Morgan fingerprint density at radius 1 is 1.18 bits per heavy atom. The molecule has 2 aromatic rings. The van der Waals surface area contributed by atoms with E-state index in [1.54, 1.807) is 19.1 Å². The molecule has 0 bridgehead atoms. The number of para-hydroxylation sites is 1. The van der Waals surface area contributed by atoms with Crippen molar-refractivity contribution >= 4 is 28.9 Å². The SMILES string of the molecule is CCOc1ccc(NC(C)C(=O)Nc2ccccc2Cl)cc1. The molecule has 0 spiro atoms. The second-order valence-electron chi connectivity index (χ2n) is 4.79. The Balaban J connectivity index is 1.95. The molecule has 0 fully saturated rings. The standard InChI is InChI=1S/C17H19ClN2O2/c1-3-22-14-10-8-13(9-11-14)19-12(2)17(21)20-16-7-5-4-6-15(16)18/h4-12,19H,3H2,1-2H3,(H,20,21). The van der Waals surface area contributed by atoms with Crippen molar-refractivity contribution in [1.82, 2.24) is 0 Å². The van der Waals surface area contributed by atoms with E-state index in [0.29, 0.717) is 17.3 Å². The molecule has 4 nitrogen and oxygen atoms in total. The summed E-state index contributed by atoms with van der Waals surface area (Å²) < 4.78 is 5.38. The quantitative estimate of drug-likeness (QED) is 0.840. The molecule has 116 valence electrons. The van der Waals surface area contributed by atoms with Crippen LogP contribution < -0.4 is 15.4 Å². The highest BCUT2D eigenvalue weighted by Gasteiger charge is 2.13. The van der Waals surface area contributed by atoms with E-state index in [1.807, 2.05) is 43.3 Å². The minimum absolute atomic E-state index is 0.151. The highest BCUT2D eigenvalue weighted by atomic mass is 35.5. The lowest BCUT2D eigenvalue weighted by molar-refractivity contribution is -0.116. The fraction of sp³-hybridized carbons (Fsp3) is 0.235. The molecule has 0 heterocycles. The molecule has 0 saturated heterocycles. The van der Waals surface area contributed by atoms with E-state index in [4.69, 9.17) is 16.3 Å². The number of benzene rings is 2. The highest BCUT2D eigenvalue weighted by molar-refractivity contribution is 6.33. The largest absolute Gasteiger partial charge is 0.494 e. The monoisotopic (exact) mass is 318 g/mol. The average Bonchev–Trinajstić information content (AvgIpc) is 2.51. The zero-order valence-corrected chi connectivity index (χ0v) is 13.4. The zero-order valence-electron chi connectivity index (χ0n) is 12.6. The third kappa shape index (κ3) is 4.40. The molecule has 2 aromatic carbocycles. The molecule has 0 saturated carbocycles. The summed E-state index contributed by atoms with van der Waals surface area (Å²) in [7, 11) is 0. The lowest BCUT2D eigenvalue weighted by Gasteiger charge is -2.16. The van der Waals surface area contributed by atoms with Gasteiger partial charge in [0.25, 0.3) is 0 Å². The van der Waals surface area contributed by atoms with Crippen LogP contribution in [0.25, 0.3) is 0 Å². The number of halogens is 1. The average molecular weight is 319 g/mol. The number of rotatable bonds is 6. The number of hydrogen-bond donors (Lipinski definition) is 2. The van der Waals surface area contributed by atoms with Crippen molar-refractivity contribution in [2.75, 3.05) is 17.2 Å². The maximum Gasteiger partial charge on any atom is 0.246 e. The van der Waals surface area contributed by atoms with Crippen LogP contribution in [0.1, 0.15) is 13.8 Å². The second kappa shape index (κ2) is 7.71. The number of amides is 1. The number of carbonyl (C=O) groups excluding carboxylic acids is 1. The van der Waals surface area contributed by atoms with E-state index in [2.05, 4.69) is 10.6 Å². The topological polar surface area (TPSA) is 50.4 Å². The first-order valence-electron chi connectivity index (χ1n) is 7.15. The molecule has 1 unspecified atom stereocenters. The maximum atomic E-state index is 12.2. The van der Waals surface area contributed by atoms with Crippen molar-refractivity contribution in [2.45, 2.75) is 19.9 Å². The molecule has 0 aliphatic heterocycles. The normalized spacial score (nSPS) is 11.6. The molecule has 5 heteroatoms. The van der Waals surface area contributed by atoms with Gasteiger partial charge in [-0.15, -0.1) is 0 Å². The van der Waals surface area contributed by atoms with Gasteiger partial charge in [-0.3, -0.25) is 4.79 Å². The van der Waals surface area contributed by atoms with Gasteiger partial charge in [0.2, 0.25) is 5.91 Å². The number of ether oxygens (including phenoxy) is 1. The minimum Gasteiger partial charge on any atom is -0.494 e. The summed E-state index contributed by atoms with van der Waals surface area (Å²) in [4.78, 5) is 12.2. The molecular formula is C17H19ClN2O2. The second-order valence-corrected chi connectivity index (χ2v) is 5.20. The minimum atomic E-state index is -0.394. The lowest BCUT2D eigenvalue weighted by Crippen LogP contribution is -2.31. The molecule has 0 aliphatic rings. The van der Waals surface area contributed by atoms with Gasteiger partial charge >= 0.3 is 0 Å². The van der Waals surface area contributed by atoms with Gasteiger partial charge < -0.3 is 15.4 Å². The van der Waals surface area contributed by atoms with E-state index >= 15 is 0 Å². The summed E-state index contributed by atoms with van der Waals surface area (Å²) in [5, 5.41) is 6.46. The van der Waals surface area contributed by atoms with Crippen LogP contribution in [0.2, 0.25) is 5.02 Å². The smallest absolute Gasteiger partial charge is 0.246 e. The molecular weight excluding hydrogens is 300 g/mol. The van der Waals surface area contributed by atoms with Crippen molar-refractivity contribution in [1.29, 1.82) is 0 Å². The Labute approximate surface area is 135 Å². The van der Waals surface area contributed by atoms with Crippen LogP contribution in [-0.4, -0.2) is 18.6 Å². The Kier molecular flexibility index (Phi) is 5.67. The van der Waals surface area contributed by atoms with Crippen LogP contribution in [-0.2, 0) is 4.79 Å². The predicted octanol–water partition coefficient (Wildman–Crippen LogP) is 4.18. The summed E-state index contributed by atoms with van der Waals surface area (Å²) in [6.45, 7) is 4.36. The van der Waals surface area contributed by atoms with Crippen molar-refractivity contribution < 1.29 is 9.53 Å². The number of nitrogens with one attached hydrogen (secondary N) is 2. The van der Waals surface area contributed by atoms with Crippen LogP contribution in [0.5, 0.6) is 5.75 Å². The van der Waals surface area contributed by atoms with Crippen LogP contribution in [0, 0.1) is 0 Å². The third-order valence-electron chi connectivity index (χ3n) is 3.07. The number of anilines is 2. The van der Waals surface area contributed by atoms with Crippen LogP contribution in [0.15, 0.2) is 48.5 Å². The van der Waals surface area contributed by atoms with Gasteiger partial charge in [0.05, 0.1) is 17.3 Å². The first kappa shape index (κ1) is 16.2. The fourth-order valence-corrected chi connectivity index (χ4v) is 2.12. The van der Waals surface area contributed by atoms with Gasteiger partial charge in [-0.25, -0.2) is 0 Å². The van der Waals surface area contributed by atoms with Crippen LogP contribution in [0.4, 0.5) is 11.4 Å².